The number of non-ortho nitro benzene ring substituents is 1. The lowest BCUT2D eigenvalue weighted by molar-refractivity contribution is -0.384. The maximum atomic E-state index is 12.9. The minimum atomic E-state index is -1.50. The van der Waals surface area contributed by atoms with Gasteiger partial charge in [0.1, 0.15) is 16.9 Å². The van der Waals surface area contributed by atoms with Crippen molar-refractivity contribution in [2.45, 2.75) is 43.7 Å². The van der Waals surface area contributed by atoms with Gasteiger partial charge in [0, 0.05) is 40.9 Å². The number of nitro groups is 1. The second kappa shape index (κ2) is 11.1. The van der Waals surface area contributed by atoms with Crippen LogP contribution in [0.4, 0.5) is 11.4 Å². The summed E-state index contributed by atoms with van der Waals surface area (Å²) in [5.74, 6) is -2.09. The number of nitrogens with zero attached hydrogens (tertiary/aromatic N) is 3. The molecule has 0 fully saturated rings. The summed E-state index contributed by atoms with van der Waals surface area (Å²) in [6.45, 7) is 4.72. The van der Waals surface area contributed by atoms with Crippen molar-refractivity contribution in [2.24, 2.45) is 5.92 Å². The number of ketones is 1. The molecule has 1 aliphatic carbocycles. The summed E-state index contributed by atoms with van der Waals surface area (Å²) in [4.78, 5) is 40.8. The molecule has 0 aliphatic heterocycles. The van der Waals surface area contributed by atoms with Gasteiger partial charge >= 0.3 is 0 Å². The van der Waals surface area contributed by atoms with Crippen molar-refractivity contribution in [1.82, 2.24) is 4.98 Å². The van der Waals surface area contributed by atoms with Crippen molar-refractivity contribution in [3.05, 3.63) is 91.6 Å². The number of nitriles is 1. The number of carbonyl (C=O) groups excluding carboxylic acids is 2. The van der Waals surface area contributed by atoms with Crippen molar-refractivity contribution in [2.75, 3.05) is 11.1 Å². The Morgan fingerprint density at radius 3 is 2.46 bits per heavy atom. The van der Waals surface area contributed by atoms with Gasteiger partial charge in [0.25, 0.3) is 5.69 Å². The predicted octanol–water partition coefficient (Wildman–Crippen LogP) is 5.20. The summed E-state index contributed by atoms with van der Waals surface area (Å²) in [7, 11) is 0. The zero-order valence-corrected chi connectivity index (χ0v) is 23.0. The van der Waals surface area contributed by atoms with E-state index in [2.05, 4.69) is 16.4 Å². The monoisotopic (exact) mass is 564 g/mol. The first-order valence-electron chi connectivity index (χ1n) is 12.0. The van der Waals surface area contributed by atoms with Crippen LogP contribution in [0.3, 0.4) is 0 Å². The fourth-order valence-corrected chi connectivity index (χ4v) is 6.24. The first kappa shape index (κ1) is 28.2. The number of Topliss-reactive ketones (excluding diaryl/α,β-unsaturated/α-hetero) is 1. The van der Waals surface area contributed by atoms with Crippen molar-refractivity contribution in [1.29, 1.82) is 5.26 Å². The lowest BCUT2D eigenvalue weighted by Crippen LogP contribution is -2.48. The van der Waals surface area contributed by atoms with E-state index in [9.17, 15) is 30.1 Å². The maximum Gasteiger partial charge on any atom is 0.269 e. The molecule has 0 saturated carbocycles. The zero-order valence-electron chi connectivity index (χ0n) is 21.4. The quantitative estimate of drug-likeness (QED) is 0.226. The molecule has 39 heavy (non-hydrogen) atoms. The summed E-state index contributed by atoms with van der Waals surface area (Å²) in [6, 6.07) is 14.7. The van der Waals surface area contributed by atoms with Crippen LogP contribution < -0.4 is 5.32 Å². The smallest absolute Gasteiger partial charge is 0.269 e. The number of aliphatic hydroxyl groups is 1. The Morgan fingerprint density at radius 1 is 1.26 bits per heavy atom. The highest BCUT2D eigenvalue weighted by atomic mass is 35.5. The van der Waals surface area contributed by atoms with Crippen LogP contribution in [0.1, 0.15) is 47.7 Å². The lowest BCUT2D eigenvalue weighted by atomic mass is 9.62. The highest BCUT2D eigenvalue weighted by Gasteiger charge is 2.49. The van der Waals surface area contributed by atoms with Gasteiger partial charge in [-0.3, -0.25) is 19.7 Å². The summed E-state index contributed by atoms with van der Waals surface area (Å²) in [5, 5.41) is 36.5. The largest absolute Gasteiger partial charge is 0.389 e. The molecule has 11 heteroatoms. The van der Waals surface area contributed by atoms with E-state index >= 15 is 0 Å². The van der Waals surface area contributed by atoms with Gasteiger partial charge in [-0.05, 0) is 61.7 Å². The van der Waals surface area contributed by atoms with E-state index in [0.29, 0.717) is 38.1 Å². The van der Waals surface area contributed by atoms with E-state index < -0.39 is 22.4 Å². The highest BCUT2D eigenvalue weighted by molar-refractivity contribution is 8.00. The summed E-state index contributed by atoms with van der Waals surface area (Å²) < 4.78 is 0. The van der Waals surface area contributed by atoms with Gasteiger partial charge in [-0.25, -0.2) is 4.98 Å². The number of hydrogen-bond acceptors (Lipinski definition) is 8. The predicted molar refractivity (Wildman–Crippen MR) is 148 cm³/mol. The number of pyridine rings is 1. The summed E-state index contributed by atoms with van der Waals surface area (Å²) in [6.07, 6.45) is 0.0346. The SMILES string of the molecule is CC(=O)C1C(c2ccc([N+](=O)[O-])cc2)c2c(C)nc(SCC(=O)Nc3ccc(Cl)cc3)c(C#N)c2CC1(C)O. The first-order chi connectivity index (χ1) is 18.4. The van der Waals surface area contributed by atoms with Crippen LogP contribution in [0, 0.1) is 34.3 Å². The number of nitro benzene ring substituents is 1. The number of anilines is 1. The molecule has 1 amide bonds. The minimum absolute atomic E-state index is 0.0131. The molecule has 1 heterocycles. The Morgan fingerprint density at radius 2 is 1.90 bits per heavy atom. The number of thioether (sulfide) groups is 1. The molecule has 1 aliphatic rings. The van der Waals surface area contributed by atoms with Crippen molar-refractivity contribution >= 4 is 46.4 Å². The average molecular weight is 565 g/mol. The molecule has 0 radical (unpaired) electrons. The van der Waals surface area contributed by atoms with E-state index in [1.165, 1.54) is 19.1 Å². The standard InChI is InChI=1S/C28H25ClN4O5S/c1-15-24-21(22(13-30)27(31-15)39-14-23(35)32-19-8-6-18(29)7-9-19)12-28(3,36)26(16(2)34)25(24)17-4-10-20(11-5-17)33(37)38/h4-11,25-26,36H,12,14H2,1-3H3,(H,32,35). The summed E-state index contributed by atoms with van der Waals surface area (Å²) in [5.41, 5.74) is 1.55. The molecular formula is C28H25ClN4O5S. The zero-order chi connectivity index (χ0) is 28.5. The molecule has 0 saturated heterocycles. The average Bonchev–Trinajstić information content (AvgIpc) is 2.87. The fourth-order valence-electron chi connectivity index (χ4n) is 5.26. The van der Waals surface area contributed by atoms with Gasteiger partial charge in [-0.2, -0.15) is 5.26 Å². The van der Waals surface area contributed by atoms with E-state index in [0.717, 1.165) is 11.8 Å². The molecule has 3 unspecified atom stereocenters. The number of nitrogens with one attached hydrogen (secondary N) is 1. The number of rotatable bonds is 7. The Bertz CT molecular complexity index is 1500. The second-order valence-electron chi connectivity index (χ2n) is 9.67. The molecule has 4 rings (SSSR count). The maximum absolute atomic E-state index is 12.9. The van der Waals surface area contributed by atoms with Crippen LogP contribution in [-0.4, -0.2) is 38.1 Å². The highest BCUT2D eigenvalue weighted by Crippen LogP contribution is 2.49. The molecule has 2 aromatic carbocycles. The van der Waals surface area contributed by atoms with Crippen molar-refractivity contribution < 1.29 is 19.6 Å². The third kappa shape index (κ3) is 5.81. The minimum Gasteiger partial charge on any atom is -0.389 e. The molecule has 200 valence electrons. The molecule has 1 aromatic heterocycles. The van der Waals surface area contributed by atoms with Gasteiger partial charge in [0.15, 0.2) is 0 Å². The van der Waals surface area contributed by atoms with E-state index in [4.69, 9.17) is 11.6 Å². The Balaban J connectivity index is 1.74. The van der Waals surface area contributed by atoms with Gasteiger partial charge in [-0.15, -0.1) is 0 Å². The van der Waals surface area contributed by atoms with E-state index in [-0.39, 0.29) is 35.1 Å². The van der Waals surface area contributed by atoms with Gasteiger partial charge < -0.3 is 10.4 Å². The van der Waals surface area contributed by atoms with Crippen molar-refractivity contribution in [3.8, 4) is 6.07 Å². The lowest BCUT2D eigenvalue weighted by Gasteiger charge is -2.43. The third-order valence-corrected chi connectivity index (χ3v) is 8.06. The Hall–Kier alpha value is -3.78. The van der Waals surface area contributed by atoms with Crippen LogP contribution in [0.5, 0.6) is 0 Å². The van der Waals surface area contributed by atoms with Gasteiger partial charge in [0.2, 0.25) is 5.91 Å². The Labute approximate surface area is 234 Å². The first-order valence-corrected chi connectivity index (χ1v) is 13.4. The van der Waals surface area contributed by atoms with Gasteiger partial charge in [-0.1, -0.05) is 35.5 Å². The van der Waals surface area contributed by atoms with Gasteiger partial charge in [0.05, 0.1) is 27.8 Å². The van der Waals surface area contributed by atoms with Crippen LogP contribution >= 0.6 is 23.4 Å². The normalized spacial score (nSPS) is 20.0. The number of benzene rings is 2. The molecule has 0 bridgehead atoms. The fraction of sp³-hybridized carbons (Fsp3) is 0.286. The topological polar surface area (TPSA) is 146 Å². The summed E-state index contributed by atoms with van der Waals surface area (Å²) >= 11 is 6.99. The molecule has 3 aromatic rings. The molecule has 3 atom stereocenters. The van der Waals surface area contributed by atoms with E-state index in [1.54, 1.807) is 50.2 Å². The van der Waals surface area contributed by atoms with Crippen LogP contribution in [0.25, 0.3) is 0 Å². The second-order valence-corrected chi connectivity index (χ2v) is 11.1. The number of carbonyl (C=O) groups is 2. The van der Waals surface area contributed by atoms with Crippen LogP contribution in [0.2, 0.25) is 5.02 Å². The molecule has 9 nitrogen and oxygen atoms in total. The molecule has 2 N–H and O–H groups in total. The number of aryl methyl sites for hydroxylation is 1. The number of amides is 1. The number of aromatic nitrogens is 1. The van der Waals surface area contributed by atoms with Crippen LogP contribution in [-0.2, 0) is 16.0 Å². The van der Waals surface area contributed by atoms with E-state index in [1.807, 2.05) is 0 Å². The number of halogens is 1. The Kier molecular flexibility index (Phi) is 8.07. The molecular weight excluding hydrogens is 540 g/mol. The third-order valence-electron chi connectivity index (χ3n) is 6.83. The number of hydrogen-bond donors (Lipinski definition) is 2. The number of fused-ring (bicyclic) bond motifs is 1. The van der Waals surface area contributed by atoms with Crippen molar-refractivity contribution in [3.63, 3.8) is 0 Å². The molecule has 0 spiro atoms. The van der Waals surface area contributed by atoms with Crippen LogP contribution in [0.15, 0.2) is 53.6 Å².